The zero-order chi connectivity index (χ0) is 13.3. The summed E-state index contributed by atoms with van der Waals surface area (Å²) >= 11 is 1.25. The summed E-state index contributed by atoms with van der Waals surface area (Å²) in [4.78, 5) is 28.7. The average Bonchev–Trinajstić information content (AvgIpc) is 2.80. The zero-order valence-corrected chi connectivity index (χ0v) is 9.69. The molecular formula is C10H8N2O5S. The maximum atomic E-state index is 11.4. The van der Waals surface area contributed by atoms with Crippen LogP contribution < -0.4 is 5.56 Å². The van der Waals surface area contributed by atoms with Crippen LogP contribution in [0.4, 0.5) is 0 Å². The van der Waals surface area contributed by atoms with Crippen molar-refractivity contribution in [2.75, 3.05) is 0 Å². The number of thiophene rings is 1. The SMILES string of the molecule is O=C(O)c1nc(-c2ccsc2CO)[nH]c(=O)c1O. The van der Waals surface area contributed by atoms with Crippen LogP contribution in [0.5, 0.6) is 5.75 Å². The lowest BCUT2D eigenvalue weighted by molar-refractivity contribution is 0.0686. The molecule has 0 radical (unpaired) electrons. The summed E-state index contributed by atoms with van der Waals surface area (Å²) in [6.45, 7) is -0.250. The number of aliphatic hydroxyl groups is 1. The Morgan fingerprint density at radius 1 is 1.50 bits per heavy atom. The van der Waals surface area contributed by atoms with E-state index in [1.165, 1.54) is 11.3 Å². The molecule has 4 N–H and O–H groups in total. The van der Waals surface area contributed by atoms with Crippen molar-refractivity contribution in [2.24, 2.45) is 0 Å². The molecular weight excluding hydrogens is 260 g/mol. The molecule has 8 heteroatoms. The molecule has 0 amide bonds. The van der Waals surface area contributed by atoms with Gasteiger partial charge in [0.2, 0.25) is 5.75 Å². The summed E-state index contributed by atoms with van der Waals surface area (Å²) in [5.74, 6) is -2.44. The minimum atomic E-state index is -1.50. The third kappa shape index (κ3) is 1.98. The second-order valence-corrected chi connectivity index (χ2v) is 4.33. The van der Waals surface area contributed by atoms with Gasteiger partial charge in [-0.15, -0.1) is 11.3 Å². The molecule has 0 atom stereocenters. The highest BCUT2D eigenvalue weighted by molar-refractivity contribution is 7.10. The van der Waals surface area contributed by atoms with Gasteiger partial charge in [-0.1, -0.05) is 0 Å². The van der Waals surface area contributed by atoms with Crippen LogP contribution in [0.3, 0.4) is 0 Å². The molecule has 0 spiro atoms. The minimum Gasteiger partial charge on any atom is -0.501 e. The Morgan fingerprint density at radius 3 is 2.83 bits per heavy atom. The van der Waals surface area contributed by atoms with E-state index in [-0.39, 0.29) is 12.4 Å². The van der Waals surface area contributed by atoms with Crippen molar-refractivity contribution in [3.05, 3.63) is 32.4 Å². The van der Waals surface area contributed by atoms with E-state index >= 15 is 0 Å². The molecule has 2 rings (SSSR count). The monoisotopic (exact) mass is 268 g/mol. The van der Waals surface area contributed by atoms with Crippen LogP contribution in [-0.2, 0) is 6.61 Å². The van der Waals surface area contributed by atoms with Gasteiger partial charge in [0.15, 0.2) is 5.69 Å². The van der Waals surface area contributed by atoms with E-state index in [9.17, 15) is 14.7 Å². The maximum absolute atomic E-state index is 11.4. The molecule has 0 unspecified atom stereocenters. The second-order valence-electron chi connectivity index (χ2n) is 3.33. The van der Waals surface area contributed by atoms with Crippen molar-refractivity contribution in [2.45, 2.75) is 6.61 Å². The number of nitrogens with zero attached hydrogens (tertiary/aromatic N) is 1. The predicted molar refractivity (Wildman–Crippen MR) is 62.7 cm³/mol. The van der Waals surface area contributed by atoms with E-state index in [0.29, 0.717) is 10.4 Å². The van der Waals surface area contributed by atoms with Gasteiger partial charge in [0, 0.05) is 10.4 Å². The van der Waals surface area contributed by atoms with Crippen LogP contribution in [0.2, 0.25) is 0 Å². The fourth-order valence-corrected chi connectivity index (χ4v) is 2.15. The number of aromatic amines is 1. The van der Waals surface area contributed by atoms with Crippen molar-refractivity contribution in [1.82, 2.24) is 9.97 Å². The number of carboxylic acids is 1. The lowest BCUT2D eigenvalue weighted by Crippen LogP contribution is -2.15. The molecule has 0 aliphatic carbocycles. The Balaban J connectivity index is 2.67. The smallest absolute Gasteiger partial charge is 0.358 e. The number of aliphatic hydroxyl groups excluding tert-OH is 1. The lowest BCUT2D eigenvalue weighted by atomic mass is 10.2. The van der Waals surface area contributed by atoms with Gasteiger partial charge in [0.25, 0.3) is 5.56 Å². The van der Waals surface area contributed by atoms with Gasteiger partial charge in [-0.3, -0.25) is 4.79 Å². The van der Waals surface area contributed by atoms with Gasteiger partial charge < -0.3 is 20.3 Å². The van der Waals surface area contributed by atoms with E-state index in [1.54, 1.807) is 11.4 Å². The van der Waals surface area contributed by atoms with Crippen molar-refractivity contribution >= 4 is 17.3 Å². The number of carbonyl (C=O) groups is 1. The van der Waals surface area contributed by atoms with E-state index in [2.05, 4.69) is 9.97 Å². The normalized spacial score (nSPS) is 10.5. The molecule has 0 saturated heterocycles. The molecule has 0 aromatic carbocycles. The highest BCUT2D eigenvalue weighted by Gasteiger charge is 2.18. The Labute approximate surface area is 104 Å². The van der Waals surface area contributed by atoms with Crippen LogP contribution in [0.1, 0.15) is 15.4 Å². The van der Waals surface area contributed by atoms with Crippen LogP contribution in [0, 0.1) is 0 Å². The highest BCUT2D eigenvalue weighted by atomic mass is 32.1. The number of aromatic hydroxyl groups is 1. The van der Waals surface area contributed by atoms with Crippen LogP contribution in [-0.4, -0.2) is 31.3 Å². The first kappa shape index (κ1) is 12.3. The van der Waals surface area contributed by atoms with Gasteiger partial charge in [0.1, 0.15) is 5.82 Å². The third-order valence-corrected chi connectivity index (χ3v) is 3.15. The first-order valence-electron chi connectivity index (χ1n) is 4.78. The van der Waals surface area contributed by atoms with E-state index in [4.69, 9.17) is 10.2 Å². The minimum absolute atomic E-state index is 0.000463. The molecule has 2 aromatic rings. The summed E-state index contributed by atoms with van der Waals surface area (Å²) in [7, 11) is 0. The van der Waals surface area contributed by atoms with Gasteiger partial charge >= 0.3 is 5.97 Å². The van der Waals surface area contributed by atoms with E-state index in [0.717, 1.165) is 0 Å². The van der Waals surface area contributed by atoms with Crippen LogP contribution >= 0.6 is 11.3 Å². The van der Waals surface area contributed by atoms with Crippen LogP contribution in [0.15, 0.2) is 16.2 Å². The second kappa shape index (κ2) is 4.59. The average molecular weight is 268 g/mol. The first-order valence-corrected chi connectivity index (χ1v) is 5.66. The maximum Gasteiger partial charge on any atom is 0.358 e. The summed E-state index contributed by atoms with van der Waals surface area (Å²) in [6.07, 6.45) is 0. The zero-order valence-electron chi connectivity index (χ0n) is 8.88. The molecule has 0 aliphatic heterocycles. The summed E-state index contributed by atoms with van der Waals surface area (Å²) in [6, 6.07) is 1.59. The standard InChI is InChI=1S/C10H8N2O5S/c13-3-5-4(1-2-18-5)8-11-6(10(16)17)7(14)9(15)12-8/h1-2,13-14H,3H2,(H,16,17)(H,11,12,15). The molecule has 94 valence electrons. The van der Waals surface area contributed by atoms with Crippen molar-refractivity contribution in [1.29, 1.82) is 0 Å². The Bertz CT molecular complexity index is 661. The number of aromatic carboxylic acids is 1. The first-order chi connectivity index (χ1) is 8.54. The molecule has 18 heavy (non-hydrogen) atoms. The predicted octanol–water partition coefficient (Wildman–Crippen LogP) is 0.394. The van der Waals surface area contributed by atoms with Crippen LogP contribution in [0.25, 0.3) is 11.4 Å². The Hall–Kier alpha value is -2.19. The van der Waals surface area contributed by atoms with Gasteiger partial charge in [-0.25, -0.2) is 9.78 Å². The topological polar surface area (TPSA) is 124 Å². The molecule has 7 nitrogen and oxygen atoms in total. The summed E-state index contributed by atoms with van der Waals surface area (Å²) in [5, 5.41) is 28.9. The van der Waals surface area contributed by atoms with Gasteiger partial charge in [-0.2, -0.15) is 0 Å². The summed E-state index contributed by atoms with van der Waals surface area (Å²) in [5.41, 5.74) is -1.22. The number of hydrogen-bond donors (Lipinski definition) is 4. The van der Waals surface area contributed by atoms with Crippen molar-refractivity contribution in [3.63, 3.8) is 0 Å². The Morgan fingerprint density at radius 2 is 2.22 bits per heavy atom. The van der Waals surface area contributed by atoms with E-state index < -0.39 is 23.0 Å². The number of carboxylic acid groups (broad SMARTS) is 1. The number of H-pyrrole nitrogens is 1. The van der Waals surface area contributed by atoms with E-state index in [1.807, 2.05) is 0 Å². The number of aromatic nitrogens is 2. The molecule has 2 heterocycles. The fraction of sp³-hybridized carbons (Fsp3) is 0.100. The largest absolute Gasteiger partial charge is 0.501 e. The number of rotatable bonds is 3. The quantitative estimate of drug-likeness (QED) is 0.638. The highest BCUT2D eigenvalue weighted by Crippen LogP contribution is 2.26. The molecule has 0 aliphatic rings. The molecule has 0 bridgehead atoms. The Kier molecular flexibility index (Phi) is 3.13. The van der Waals surface area contributed by atoms with Crippen molar-refractivity contribution < 1.29 is 20.1 Å². The lowest BCUT2D eigenvalue weighted by Gasteiger charge is -2.03. The number of hydrogen-bond acceptors (Lipinski definition) is 6. The molecule has 0 fully saturated rings. The molecule has 0 saturated carbocycles. The summed E-state index contributed by atoms with van der Waals surface area (Å²) < 4.78 is 0. The number of nitrogens with one attached hydrogen (secondary N) is 1. The fourth-order valence-electron chi connectivity index (χ4n) is 1.42. The van der Waals surface area contributed by atoms with Gasteiger partial charge in [-0.05, 0) is 11.4 Å². The third-order valence-electron chi connectivity index (χ3n) is 2.24. The van der Waals surface area contributed by atoms with Gasteiger partial charge in [0.05, 0.1) is 6.61 Å². The van der Waals surface area contributed by atoms with Crippen molar-refractivity contribution in [3.8, 4) is 17.1 Å². The molecule has 2 aromatic heterocycles.